The monoisotopic (exact) mass is 295 g/mol. The average molecular weight is 295 g/mol. The van der Waals surface area contributed by atoms with Gasteiger partial charge in [0.1, 0.15) is 5.78 Å². The fraction of sp³-hybridized carbons (Fsp3) is 0.500. The molecular formula is C16H19F2NO2. The Kier molecular flexibility index (Phi) is 4.83. The Morgan fingerprint density at radius 2 is 2.10 bits per heavy atom. The van der Waals surface area contributed by atoms with Crippen LogP contribution in [0.2, 0.25) is 0 Å². The number of Topliss-reactive ketones (excluding diaryl/α,β-unsaturated/α-hetero) is 2. The highest BCUT2D eigenvalue weighted by Gasteiger charge is 2.31. The summed E-state index contributed by atoms with van der Waals surface area (Å²) in [4.78, 5) is 26.0. The van der Waals surface area contributed by atoms with Crippen LogP contribution in [0.1, 0.15) is 37.0 Å². The van der Waals surface area contributed by atoms with Gasteiger partial charge in [-0.2, -0.15) is 0 Å². The van der Waals surface area contributed by atoms with Crippen molar-refractivity contribution in [2.45, 2.75) is 32.7 Å². The molecule has 21 heavy (non-hydrogen) atoms. The van der Waals surface area contributed by atoms with Crippen molar-refractivity contribution in [2.75, 3.05) is 13.1 Å². The van der Waals surface area contributed by atoms with Gasteiger partial charge >= 0.3 is 0 Å². The van der Waals surface area contributed by atoms with Crippen molar-refractivity contribution >= 4 is 11.6 Å². The van der Waals surface area contributed by atoms with Gasteiger partial charge in [0, 0.05) is 31.0 Å². The van der Waals surface area contributed by atoms with Gasteiger partial charge in [-0.1, -0.05) is 6.92 Å². The Morgan fingerprint density at radius 1 is 1.38 bits per heavy atom. The van der Waals surface area contributed by atoms with Crippen LogP contribution in [0, 0.1) is 17.6 Å². The summed E-state index contributed by atoms with van der Waals surface area (Å²) in [6.45, 7) is 4.78. The first kappa shape index (κ1) is 15.8. The summed E-state index contributed by atoms with van der Waals surface area (Å²) in [5.41, 5.74) is 0.159. The van der Waals surface area contributed by atoms with Crippen LogP contribution in [0.25, 0.3) is 0 Å². The number of likely N-dealkylation sites (tertiary alicyclic amines) is 1. The Hall–Kier alpha value is -1.62. The third kappa shape index (κ3) is 3.35. The third-order valence-electron chi connectivity index (χ3n) is 4.18. The molecule has 5 heteroatoms. The molecule has 1 aliphatic heterocycles. The van der Waals surface area contributed by atoms with Crippen molar-refractivity contribution in [2.24, 2.45) is 5.92 Å². The molecule has 0 aliphatic carbocycles. The van der Waals surface area contributed by atoms with E-state index in [0.29, 0.717) is 19.5 Å². The van der Waals surface area contributed by atoms with Crippen molar-refractivity contribution in [1.29, 1.82) is 0 Å². The summed E-state index contributed by atoms with van der Waals surface area (Å²) in [6.07, 6.45) is 1.19. The van der Waals surface area contributed by atoms with Gasteiger partial charge in [-0.25, -0.2) is 8.78 Å². The van der Waals surface area contributed by atoms with Crippen molar-refractivity contribution in [3.63, 3.8) is 0 Å². The van der Waals surface area contributed by atoms with E-state index in [1.807, 2.05) is 11.8 Å². The predicted octanol–water partition coefficient (Wildman–Crippen LogP) is 2.84. The van der Waals surface area contributed by atoms with Crippen LogP contribution >= 0.6 is 0 Å². The molecule has 2 rings (SSSR count). The summed E-state index contributed by atoms with van der Waals surface area (Å²) in [5, 5.41) is 0. The molecule has 0 N–H and O–H groups in total. The molecule has 0 radical (unpaired) electrons. The smallest absolute Gasteiger partial charge is 0.179 e. The van der Waals surface area contributed by atoms with E-state index in [4.69, 9.17) is 0 Å². The molecular weight excluding hydrogens is 276 g/mol. The van der Waals surface area contributed by atoms with Crippen molar-refractivity contribution < 1.29 is 18.4 Å². The van der Waals surface area contributed by atoms with Crippen LogP contribution in [0.3, 0.4) is 0 Å². The van der Waals surface area contributed by atoms with Gasteiger partial charge in [0.05, 0.1) is 6.04 Å². The van der Waals surface area contributed by atoms with E-state index in [1.54, 1.807) is 6.92 Å². The van der Waals surface area contributed by atoms with E-state index < -0.39 is 17.7 Å². The quantitative estimate of drug-likeness (QED) is 0.802. The zero-order chi connectivity index (χ0) is 15.6. The number of halogens is 2. The number of carbonyl (C=O) groups excluding carboxylic acids is 2. The highest BCUT2D eigenvalue weighted by atomic mass is 19.2. The summed E-state index contributed by atoms with van der Waals surface area (Å²) in [6, 6.07) is 2.74. The lowest BCUT2D eigenvalue weighted by Crippen LogP contribution is -2.48. The summed E-state index contributed by atoms with van der Waals surface area (Å²) in [7, 11) is 0. The number of rotatable bonds is 4. The standard InChI is InChI=1S/C16H19F2NO2/c1-3-11-9-19(7-6-15(11)20)10(2)16(21)12-4-5-13(17)14(18)8-12/h4-5,8,10-11H,3,6-7,9H2,1-2H3. The maximum atomic E-state index is 13.2. The maximum Gasteiger partial charge on any atom is 0.179 e. The Balaban J connectivity index is 2.11. The first-order valence-corrected chi connectivity index (χ1v) is 7.20. The van der Waals surface area contributed by atoms with Gasteiger partial charge in [-0.3, -0.25) is 14.5 Å². The number of hydrogen-bond acceptors (Lipinski definition) is 3. The lowest BCUT2D eigenvalue weighted by molar-refractivity contribution is -0.126. The molecule has 1 saturated heterocycles. The fourth-order valence-electron chi connectivity index (χ4n) is 2.70. The van der Waals surface area contributed by atoms with E-state index >= 15 is 0 Å². The van der Waals surface area contributed by atoms with Gasteiger partial charge in [0.2, 0.25) is 0 Å². The molecule has 114 valence electrons. The van der Waals surface area contributed by atoms with Gasteiger partial charge in [-0.05, 0) is 31.5 Å². The number of nitrogens with zero attached hydrogens (tertiary/aromatic N) is 1. The number of piperidine rings is 1. The first-order valence-electron chi connectivity index (χ1n) is 7.20. The van der Waals surface area contributed by atoms with Gasteiger partial charge < -0.3 is 0 Å². The van der Waals surface area contributed by atoms with E-state index in [1.165, 1.54) is 6.07 Å². The molecule has 0 saturated carbocycles. The van der Waals surface area contributed by atoms with E-state index in [2.05, 4.69) is 0 Å². The highest BCUT2D eigenvalue weighted by molar-refractivity contribution is 6.00. The SMILES string of the molecule is CCC1CN(C(C)C(=O)c2ccc(F)c(F)c2)CCC1=O. The second kappa shape index (κ2) is 6.43. The minimum Gasteiger partial charge on any atom is -0.299 e. The molecule has 2 unspecified atom stereocenters. The zero-order valence-corrected chi connectivity index (χ0v) is 12.2. The van der Waals surface area contributed by atoms with E-state index in [9.17, 15) is 18.4 Å². The minimum absolute atomic E-state index is 0.0426. The number of carbonyl (C=O) groups is 2. The van der Waals surface area contributed by atoms with Gasteiger partial charge in [0.25, 0.3) is 0 Å². The van der Waals surface area contributed by atoms with Crippen molar-refractivity contribution in [1.82, 2.24) is 4.90 Å². The van der Waals surface area contributed by atoms with Crippen LogP contribution < -0.4 is 0 Å². The largest absolute Gasteiger partial charge is 0.299 e. The molecule has 0 spiro atoms. The summed E-state index contributed by atoms with van der Waals surface area (Å²) < 4.78 is 26.2. The van der Waals surface area contributed by atoms with E-state index in [0.717, 1.165) is 18.6 Å². The van der Waals surface area contributed by atoms with Crippen LogP contribution in [0.5, 0.6) is 0 Å². The van der Waals surface area contributed by atoms with Crippen LogP contribution in [-0.4, -0.2) is 35.6 Å². The number of ketones is 2. The molecule has 1 aromatic rings. The Morgan fingerprint density at radius 3 is 2.71 bits per heavy atom. The molecule has 1 fully saturated rings. The molecule has 3 nitrogen and oxygen atoms in total. The van der Waals surface area contributed by atoms with Crippen LogP contribution in [0.15, 0.2) is 18.2 Å². The van der Waals surface area contributed by atoms with Crippen molar-refractivity contribution in [3.8, 4) is 0 Å². The molecule has 0 bridgehead atoms. The maximum absolute atomic E-state index is 13.2. The molecule has 1 aromatic carbocycles. The molecule has 1 aliphatic rings. The van der Waals surface area contributed by atoms with Gasteiger partial charge in [-0.15, -0.1) is 0 Å². The topological polar surface area (TPSA) is 37.4 Å². The summed E-state index contributed by atoms with van der Waals surface area (Å²) >= 11 is 0. The summed E-state index contributed by atoms with van der Waals surface area (Å²) in [5.74, 6) is -2.04. The molecule has 1 heterocycles. The number of hydrogen-bond donors (Lipinski definition) is 0. The van der Waals surface area contributed by atoms with Crippen LogP contribution in [-0.2, 0) is 4.79 Å². The predicted molar refractivity (Wildman–Crippen MR) is 75.1 cm³/mol. The normalized spacial score (nSPS) is 21.3. The van der Waals surface area contributed by atoms with Gasteiger partial charge in [0.15, 0.2) is 17.4 Å². The Labute approximate surface area is 122 Å². The third-order valence-corrected chi connectivity index (χ3v) is 4.18. The van der Waals surface area contributed by atoms with Crippen molar-refractivity contribution in [3.05, 3.63) is 35.4 Å². The first-order chi connectivity index (χ1) is 9.93. The lowest BCUT2D eigenvalue weighted by atomic mass is 9.92. The van der Waals surface area contributed by atoms with E-state index in [-0.39, 0.29) is 23.0 Å². The molecule has 2 atom stereocenters. The fourth-order valence-corrected chi connectivity index (χ4v) is 2.70. The molecule has 0 aromatic heterocycles. The average Bonchev–Trinajstić information content (AvgIpc) is 2.49. The Bertz CT molecular complexity index is 559. The molecule has 0 amide bonds. The lowest BCUT2D eigenvalue weighted by Gasteiger charge is -2.35. The second-order valence-corrected chi connectivity index (χ2v) is 5.49. The van der Waals surface area contributed by atoms with Crippen LogP contribution in [0.4, 0.5) is 8.78 Å². The minimum atomic E-state index is -1.02. The number of benzene rings is 1. The zero-order valence-electron chi connectivity index (χ0n) is 12.2. The second-order valence-electron chi connectivity index (χ2n) is 5.49. The highest BCUT2D eigenvalue weighted by Crippen LogP contribution is 2.20.